The molecule has 6 rings (SSSR count). The molecule has 0 spiro atoms. The van der Waals surface area contributed by atoms with E-state index in [2.05, 4.69) is 20.9 Å². The number of anilines is 1. The molecule has 3 aliphatic carbocycles. The zero-order chi connectivity index (χ0) is 21.7. The number of fused-ring (bicyclic) bond motifs is 2. The number of carbonyl (C=O) groups is 1. The summed E-state index contributed by atoms with van der Waals surface area (Å²) in [5.41, 5.74) is 2.01. The van der Waals surface area contributed by atoms with E-state index >= 15 is 0 Å². The average Bonchev–Trinajstić information content (AvgIpc) is 3.67. The summed E-state index contributed by atoms with van der Waals surface area (Å²) in [6.07, 6.45) is 10.5. The number of pyridine rings is 1. The number of nitrogens with one attached hydrogen (secondary N) is 3. The molecule has 32 heavy (non-hydrogen) atoms. The van der Waals surface area contributed by atoms with Crippen LogP contribution in [0.25, 0.3) is 0 Å². The third-order valence-electron chi connectivity index (χ3n) is 7.76. The highest BCUT2D eigenvalue weighted by molar-refractivity contribution is 5.93. The molecule has 1 aromatic carbocycles. The van der Waals surface area contributed by atoms with Crippen LogP contribution < -0.4 is 20.7 Å². The number of hydrogen-bond acceptors (Lipinski definition) is 6. The lowest BCUT2D eigenvalue weighted by atomic mass is 9.96. The molecular weight excluding hydrogens is 404 g/mol. The van der Waals surface area contributed by atoms with Crippen LogP contribution >= 0.6 is 0 Å². The number of rotatable bonds is 7. The molecule has 0 radical (unpaired) electrons. The summed E-state index contributed by atoms with van der Waals surface area (Å²) in [5, 5.41) is 20.8. The van der Waals surface area contributed by atoms with E-state index in [1.54, 1.807) is 18.3 Å². The van der Waals surface area contributed by atoms with Crippen molar-refractivity contribution in [2.24, 2.45) is 5.92 Å². The predicted molar refractivity (Wildman–Crippen MR) is 121 cm³/mol. The number of phenolic OH excluding ortho intramolecular Hbond substituents is 1. The number of hydrogen-bond donors (Lipinski definition) is 4. The van der Waals surface area contributed by atoms with Crippen LogP contribution in [0, 0.1) is 5.92 Å². The van der Waals surface area contributed by atoms with Crippen LogP contribution in [0.15, 0.2) is 30.5 Å². The van der Waals surface area contributed by atoms with Crippen molar-refractivity contribution in [1.29, 1.82) is 0 Å². The van der Waals surface area contributed by atoms with Gasteiger partial charge in [0.05, 0.1) is 0 Å². The van der Waals surface area contributed by atoms with E-state index in [1.165, 1.54) is 38.5 Å². The van der Waals surface area contributed by atoms with Crippen molar-refractivity contribution in [2.45, 2.75) is 68.9 Å². The fraction of sp³-hybridized carbons (Fsp3) is 0.520. The Labute approximate surface area is 188 Å². The summed E-state index contributed by atoms with van der Waals surface area (Å²) >= 11 is 0. The molecule has 3 saturated carbocycles. The van der Waals surface area contributed by atoms with Gasteiger partial charge in [-0.1, -0.05) is 19.3 Å². The fourth-order valence-electron chi connectivity index (χ4n) is 5.71. The first-order chi connectivity index (χ1) is 15.6. The molecule has 0 bridgehead atoms. The van der Waals surface area contributed by atoms with Gasteiger partial charge in [-0.15, -0.1) is 0 Å². The van der Waals surface area contributed by atoms with Crippen LogP contribution in [0.5, 0.6) is 17.2 Å². The van der Waals surface area contributed by atoms with E-state index in [1.807, 2.05) is 12.1 Å². The number of amides is 1. The number of carbonyl (C=O) groups excluding carboxylic acids is 1. The molecule has 0 saturated heterocycles. The summed E-state index contributed by atoms with van der Waals surface area (Å²) in [6.45, 7) is 0.837. The minimum Gasteiger partial charge on any atom is -0.508 e. The van der Waals surface area contributed by atoms with Gasteiger partial charge in [-0.25, -0.2) is 4.98 Å². The summed E-state index contributed by atoms with van der Waals surface area (Å²) in [5.74, 6) is 3.24. The van der Waals surface area contributed by atoms with Gasteiger partial charge < -0.3 is 20.5 Å². The summed E-state index contributed by atoms with van der Waals surface area (Å²) in [4.78, 5) is 15.9. The molecule has 3 fully saturated rings. The Bertz CT molecular complexity index is 1050. The van der Waals surface area contributed by atoms with Crippen LogP contribution in [-0.2, 0) is 11.2 Å². The Morgan fingerprint density at radius 2 is 2.06 bits per heavy atom. The van der Waals surface area contributed by atoms with Crippen molar-refractivity contribution in [3.8, 4) is 17.2 Å². The molecule has 1 aromatic heterocycles. The lowest BCUT2D eigenvalue weighted by molar-refractivity contribution is -0.116. The van der Waals surface area contributed by atoms with Crippen molar-refractivity contribution >= 4 is 11.7 Å². The number of aromatic nitrogens is 1. The Kier molecular flexibility index (Phi) is 4.84. The third-order valence-corrected chi connectivity index (χ3v) is 7.76. The van der Waals surface area contributed by atoms with E-state index in [0.29, 0.717) is 53.8 Å². The fourth-order valence-corrected chi connectivity index (χ4v) is 5.71. The molecule has 4 aliphatic rings. The minimum absolute atomic E-state index is 0.0159. The highest BCUT2D eigenvalue weighted by Crippen LogP contribution is 2.77. The van der Waals surface area contributed by atoms with Gasteiger partial charge in [-0.2, -0.15) is 0 Å². The molecule has 0 unspecified atom stereocenters. The maximum atomic E-state index is 11.7. The molecule has 4 N–H and O–H groups in total. The Morgan fingerprint density at radius 1 is 1.19 bits per heavy atom. The summed E-state index contributed by atoms with van der Waals surface area (Å²) in [7, 11) is 0. The topological polar surface area (TPSA) is 95.5 Å². The Balaban J connectivity index is 1.13. The van der Waals surface area contributed by atoms with Gasteiger partial charge in [-0.3, -0.25) is 10.1 Å². The molecule has 7 nitrogen and oxygen atoms in total. The van der Waals surface area contributed by atoms with E-state index in [9.17, 15) is 9.90 Å². The second kappa shape index (κ2) is 7.74. The van der Waals surface area contributed by atoms with Gasteiger partial charge in [0.1, 0.15) is 23.1 Å². The van der Waals surface area contributed by atoms with Gasteiger partial charge in [0.2, 0.25) is 5.91 Å². The van der Waals surface area contributed by atoms with Gasteiger partial charge >= 0.3 is 0 Å². The van der Waals surface area contributed by atoms with Crippen LogP contribution in [0.2, 0.25) is 0 Å². The summed E-state index contributed by atoms with van der Waals surface area (Å²) < 4.78 is 6.19. The average molecular weight is 435 g/mol. The Hall–Kier alpha value is -2.64. The van der Waals surface area contributed by atoms with Crippen LogP contribution in [0.3, 0.4) is 0 Å². The van der Waals surface area contributed by atoms with Crippen molar-refractivity contribution in [3.63, 3.8) is 0 Å². The number of nitrogens with zero attached hydrogens (tertiary/aromatic N) is 1. The Morgan fingerprint density at radius 3 is 2.91 bits per heavy atom. The van der Waals surface area contributed by atoms with Crippen molar-refractivity contribution in [3.05, 3.63) is 41.6 Å². The van der Waals surface area contributed by atoms with Gasteiger partial charge in [0.25, 0.3) is 0 Å². The van der Waals surface area contributed by atoms with E-state index in [-0.39, 0.29) is 11.4 Å². The first-order valence-electron chi connectivity index (χ1n) is 11.9. The second-order valence-electron chi connectivity index (χ2n) is 9.73. The lowest BCUT2D eigenvalue weighted by Crippen LogP contribution is -2.41. The zero-order valence-corrected chi connectivity index (χ0v) is 18.2. The highest BCUT2D eigenvalue weighted by Gasteiger charge is 2.79. The maximum absolute atomic E-state index is 11.7. The van der Waals surface area contributed by atoms with Gasteiger partial charge in [0, 0.05) is 47.9 Å². The molecule has 168 valence electrons. The molecule has 2 heterocycles. The van der Waals surface area contributed by atoms with E-state index < -0.39 is 0 Å². The normalized spacial score (nSPS) is 28.4. The SMILES string of the molecule is O=C1CCc2c(Oc3ccc(O)c([C@@H]4[C@@H]5C[C@@]45NCNC4CCCCC4)c3)ccnc2N1. The molecule has 1 aliphatic heterocycles. The quantitative estimate of drug-likeness (QED) is 0.495. The van der Waals surface area contributed by atoms with E-state index in [0.717, 1.165) is 17.8 Å². The van der Waals surface area contributed by atoms with Crippen LogP contribution in [-0.4, -0.2) is 34.2 Å². The van der Waals surface area contributed by atoms with Crippen LogP contribution in [0.4, 0.5) is 5.82 Å². The number of aromatic hydroxyl groups is 1. The lowest BCUT2D eigenvalue weighted by Gasteiger charge is -2.24. The minimum atomic E-state index is -0.0159. The standard InChI is InChI=1S/C25H30N4O3/c30-20-8-6-16(32-21-10-11-26-24-17(21)7-9-22(31)29-24)12-18(20)23-19-13-25(19,23)28-14-27-15-4-2-1-3-5-15/h6,8,10-12,15,19,23,27-28,30H,1-5,7,9,13-14H2,(H,26,29,31)/t19-,23+,25-/m0/s1. The molecule has 2 aromatic rings. The first kappa shape index (κ1) is 20.0. The largest absolute Gasteiger partial charge is 0.508 e. The molecule has 3 atom stereocenters. The number of phenols is 1. The summed E-state index contributed by atoms with van der Waals surface area (Å²) in [6, 6.07) is 7.97. The van der Waals surface area contributed by atoms with E-state index in [4.69, 9.17) is 4.74 Å². The maximum Gasteiger partial charge on any atom is 0.225 e. The van der Waals surface area contributed by atoms with Crippen molar-refractivity contribution < 1.29 is 14.6 Å². The van der Waals surface area contributed by atoms with Gasteiger partial charge in [0.15, 0.2) is 0 Å². The van der Waals surface area contributed by atoms with Gasteiger partial charge in [-0.05, 0) is 55.9 Å². The first-order valence-corrected chi connectivity index (χ1v) is 11.9. The molecular formula is C25H30N4O3. The van der Waals surface area contributed by atoms with Crippen molar-refractivity contribution in [1.82, 2.24) is 15.6 Å². The van der Waals surface area contributed by atoms with Crippen molar-refractivity contribution in [2.75, 3.05) is 12.0 Å². The predicted octanol–water partition coefficient (Wildman–Crippen LogP) is 3.79. The zero-order valence-electron chi connectivity index (χ0n) is 18.2. The second-order valence-corrected chi connectivity index (χ2v) is 9.73. The number of benzene rings is 1. The van der Waals surface area contributed by atoms with Crippen LogP contribution in [0.1, 0.15) is 62.0 Å². The molecule has 7 heteroatoms. The monoisotopic (exact) mass is 434 g/mol. The third kappa shape index (κ3) is 3.53. The molecule has 1 amide bonds. The smallest absolute Gasteiger partial charge is 0.225 e. The highest BCUT2D eigenvalue weighted by atomic mass is 16.5. The number of ether oxygens (including phenoxy) is 1.